The van der Waals surface area contributed by atoms with Crippen molar-refractivity contribution in [3.63, 3.8) is 0 Å². The first-order valence-corrected chi connectivity index (χ1v) is 5.04. The monoisotopic (exact) mass is 294 g/mol. The van der Waals surface area contributed by atoms with Crippen molar-refractivity contribution in [2.75, 3.05) is 12.8 Å². The Balaban J connectivity index is 3.11. The number of ether oxygens (including phenoxy) is 1. The minimum Gasteiger partial charge on any atom is -0.469 e. The van der Waals surface area contributed by atoms with Gasteiger partial charge in [0, 0.05) is 5.69 Å². The van der Waals surface area contributed by atoms with Crippen LogP contribution in [0, 0.1) is 0 Å². The molecule has 0 fully saturated rings. The first-order valence-electron chi connectivity index (χ1n) is 4.25. The van der Waals surface area contributed by atoms with E-state index in [0.29, 0.717) is 4.47 Å². The summed E-state index contributed by atoms with van der Waals surface area (Å²) in [7, 11) is 1.20. The SMILES string of the molecule is COC(=O)Cc1nc(C(F)F)cc(N)c1Br. The third kappa shape index (κ3) is 2.88. The van der Waals surface area contributed by atoms with Crippen molar-refractivity contribution in [2.45, 2.75) is 12.8 Å². The molecule has 2 N–H and O–H groups in total. The van der Waals surface area contributed by atoms with Gasteiger partial charge in [0.05, 0.1) is 23.7 Å². The molecular formula is C9H9BrF2N2O2. The number of alkyl halides is 2. The fraction of sp³-hybridized carbons (Fsp3) is 0.333. The number of pyridine rings is 1. The van der Waals surface area contributed by atoms with Crippen molar-refractivity contribution in [2.24, 2.45) is 0 Å². The van der Waals surface area contributed by atoms with Crippen molar-refractivity contribution >= 4 is 27.6 Å². The lowest BCUT2D eigenvalue weighted by molar-refractivity contribution is -0.139. The highest BCUT2D eigenvalue weighted by Gasteiger charge is 2.17. The summed E-state index contributed by atoms with van der Waals surface area (Å²) in [6.45, 7) is 0. The van der Waals surface area contributed by atoms with Crippen LogP contribution in [0.15, 0.2) is 10.5 Å². The van der Waals surface area contributed by atoms with Gasteiger partial charge in [0.1, 0.15) is 5.69 Å². The summed E-state index contributed by atoms with van der Waals surface area (Å²) in [5.41, 5.74) is 5.30. The maximum atomic E-state index is 12.4. The molecule has 88 valence electrons. The molecule has 0 bridgehead atoms. The van der Waals surface area contributed by atoms with E-state index in [1.807, 2.05) is 0 Å². The number of esters is 1. The normalized spacial score (nSPS) is 10.6. The van der Waals surface area contributed by atoms with E-state index in [2.05, 4.69) is 25.7 Å². The van der Waals surface area contributed by atoms with Gasteiger partial charge in [0.15, 0.2) is 0 Å². The molecule has 7 heteroatoms. The summed E-state index contributed by atoms with van der Waals surface area (Å²) >= 11 is 3.08. The molecular weight excluding hydrogens is 286 g/mol. The van der Waals surface area contributed by atoms with E-state index in [0.717, 1.165) is 6.07 Å². The highest BCUT2D eigenvalue weighted by molar-refractivity contribution is 9.10. The van der Waals surface area contributed by atoms with Gasteiger partial charge in [-0.25, -0.2) is 13.8 Å². The summed E-state index contributed by atoms with van der Waals surface area (Å²) in [6, 6.07) is 1.07. The van der Waals surface area contributed by atoms with Crippen LogP contribution in [0.5, 0.6) is 0 Å². The number of methoxy groups -OCH3 is 1. The summed E-state index contributed by atoms with van der Waals surface area (Å²) in [6.07, 6.45) is -2.94. The topological polar surface area (TPSA) is 65.2 Å². The summed E-state index contributed by atoms with van der Waals surface area (Å²) in [4.78, 5) is 14.7. The molecule has 0 radical (unpaired) electrons. The van der Waals surface area contributed by atoms with E-state index in [1.165, 1.54) is 7.11 Å². The predicted molar refractivity (Wildman–Crippen MR) is 57.0 cm³/mol. The number of halogens is 3. The third-order valence-electron chi connectivity index (χ3n) is 1.84. The number of nitrogens with zero attached hydrogens (tertiary/aromatic N) is 1. The van der Waals surface area contributed by atoms with Gasteiger partial charge >= 0.3 is 5.97 Å². The molecule has 0 saturated carbocycles. The first kappa shape index (κ1) is 12.8. The summed E-state index contributed by atoms with van der Waals surface area (Å²) < 4.78 is 29.6. The number of nitrogen functional groups attached to an aromatic ring is 1. The molecule has 0 spiro atoms. The number of hydrogen-bond donors (Lipinski definition) is 1. The molecule has 4 nitrogen and oxygen atoms in total. The number of carbonyl (C=O) groups excluding carboxylic acids is 1. The van der Waals surface area contributed by atoms with Gasteiger partial charge < -0.3 is 10.5 Å². The maximum Gasteiger partial charge on any atom is 0.311 e. The Morgan fingerprint density at radius 1 is 1.69 bits per heavy atom. The maximum absolute atomic E-state index is 12.4. The quantitative estimate of drug-likeness (QED) is 0.867. The van der Waals surface area contributed by atoms with Gasteiger partial charge in [-0.2, -0.15) is 0 Å². The van der Waals surface area contributed by atoms with Crippen LogP contribution >= 0.6 is 15.9 Å². The third-order valence-corrected chi connectivity index (χ3v) is 2.75. The standard InChI is InChI=1S/C9H9BrF2N2O2/c1-16-7(15)3-5-8(10)4(13)2-6(14-5)9(11)12/h2,9H,3H2,1H3,(H2,13,14). The van der Waals surface area contributed by atoms with Gasteiger partial charge in [0.2, 0.25) is 0 Å². The average molecular weight is 295 g/mol. The highest BCUT2D eigenvalue weighted by Crippen LogP contribution is 2.28. The second-order valence-corrected chi connectivity index (χ2v) is 3.74. The zero-order chi connectivity index (χ0) is 12.3. The van der Waals surface area contributed by atoms with Gasteiger partial charge in [-0.1, -0.05) is 0 Å². The van der Waals surface area contributed by atoms with Gasteiger partial charge in [0.25, 0.3) is 6.43 Å². The van der Waals surface area contributed by atoms with E-state index >= 15 is 0 Å². The Morgan fingerprint density at radius 2 is 2.31 bits per heavy atom. The lowest BCUT2D eigenvalue weighted by Gasteiger charge is -2.08. The van der Waals surface area contributed by atoms with E-state index in [-0.39, 0.29) is 17.8 Å². The molecule has 1 heterocycles. The number of hydrogen-bond acceptors (Lipinski definition) is 4. The lowest BCUT2D eigenvalue weighted by atomic mass is 10.2. The molecule has 1 aromatic heterocycles. The van der Waals surface area contributed by atoms with E-state index in [9.17, 15) is 13.6 Å². The number of nitrogens with two attached hydrogens (primary N) is 1. The lowest BCUT2D eigenvalue weighted by Crippen LogP contribution is -2.09. The molecule has 0 saturated heterocycles. The molecule has 0 unspecified atom stereocenters. The van der Waals surface area contributed by atoms with Crippen LogP contribution in [0.25, 0.3) is 0 Å². The molecule has 0 aliphatic rings. The Hall–Kier alpha value is -1.24. The fourth-order valence-corrected chi connectivity index (χ4v) is 1.41. The molecule has 0 aliphatic carbocycles. The second kappa shape index (κ2) is 5.20. The van der Waals surface area contributed by atoms with Gasteiger partial charge in [-0.05, 0) is 22.0 Å². The van der Waals surface area contributed by atoms with E-state index < -0.39 is 18.1 Å². The number of carbonyl (C=O) groups is 1. The molecule has 0 amide bonds. The van der Waals surface area contributed by atoms with E-state index in [1.54, 1.807) is 0 Å². The molecule has 1 aromatic rings. The molecule has 16 heavy (non-hydrogen) atoms. The molecule has 1 rings (SSSR count). The largest absolute Gasteiger partial charge is 0.469 e. The molecule has 0 aliphatic heterocycles. The van der Waals surface area contributed by atoms with Crippen molar-refractivity contribution in [3.8, 4) is 0 Å². The number of aromatic nitrogens is 1. The summed E-state index contributed by atoms with van der Waals surface area (Å²) in [5.74, 6) is -0.570. The highest BCUT2D eigenvalue weighted by atomic mass is 79.9. The van der Waals surface area contributed by atoms with Crippen LogP contribution in [-0.4, -0.2) is 18.1 Å². The van der Waals surface area contributed by atoms with Crippen molar-refractivity contribution in [1.82, 2.24) is 4.98 Å². The fourth-order valence-electron chi connectivity index (χ4n) is 1.06. The Bertz CT molecular complexity index is 413. The van der Waals surface area contributed by atoms with Crippen molar-refractivity contribution < 1.29 is 18.3 Å². The molecule has 0 aromatic carbocycles. The van der Waals surface area contributed by atoms with Crippen LogP contribution in [0.1, 0.15) is 17.8 Å². The Kier molecular flexibility index (Phi) is 4.17. The van der Waals surface area contributed by atoms with Crippen molar-refractivity contribution in [3.05, 3.63) is 21.9 Å². The Labute approximate surface area is 98.9 Å². The average Bonchev–Trinajstić information content (AvgIpc) is 2.23. The molecule has 0 atom stereocenters. The zero-order valence-corrected chi connectivity index (χ0v) is 9.92. The van der Waals surface area contributed by atoms with Gasteiger partial charge in [-0.3, -0.25) is 4.79 Å². The van der Waals surface area contributed by atoms with Gasteiger partial charge in [-0.15, -0.1) is 0 Å². The predicted octanol–water partition coefficient (Wildman–Crippen LogP) is 2.08. The van der Waals surface area contributed by atoms with Crippen molar-refractivity contribution in [1.29, 1.82) is 0 Å². The Morgan fingerprint density at radius 3 is 2.81 bits per heavy atom. The van der Waals surface area contributed by atoms with Crippen LogP contribution in [0.3, 0.4) is 0 Å². The minimum absolute atomic E-state index is 0.115. The minimum atomic E-state index is -2.73. The van der Waals surface area contributed by atoms with Crippen LogP contribution in [-0.2, 0) is 16.0 Å². The number of anilines is 1. The summed E-state index contributed by atoms with van der Waals surface area (Å²) in [5, 5.41) is 0. The van der Waals surface area contributed by atoms with E-state index in [4.69, 9.17) is 5.73 Å². The zero-order valence-electron chi connectivity index (χ0n) is 8.34. The first-order chi connectivity index (χ1) is 7.45. The smallest absolute Gasteiger partial charge is 0.311 e. The van der Waals surface area contributed by atoms with Crippen LogP contribution in [0.4, 0.5) is 14.5 Å². The second-order valence-electron chi connectivity index (χ2n) is 2.95. The number of rotatable bonds is 3. The van der Waals surface area contributed by atoms with Crippen LogP contribution in [0.2, 0.25) is 0 Å². The van der Waals surface area contributed by atoms with Crippen LogP contribution < -0.4 is 5.73 Å².